The summed E-state index contributed by atoms with van der Waals surface area (Å²) in [5.41, 5.74) is 1.86. The van der Waals surface area contributed by atoms with Gasteiger partial charge in [0.1, 0.15) is 5.88 Å². The largest absolute Gasteiger partial charge is 0.330 e. The van der Waals surface area contributed by atoms with E-state index in [0.29, 0.717) is 5.92 Å². The Kier molecular flexibility index (Phi) is 4.26. The van der Waals surface area contributed by atoms with Crippen LogP contribution in [0.2, 0.25) is 0 Å². The first-order valence-electron chi connectivity index (χ1n) is 7.41. The van der Waals surface area contributed by atoms with Crippen molar-refractivity contribution in [2.24, 2.45) is 0 Å². The lowest BCUT2D eigenvalue weighted by molar-refractivity contribution is -0.384. The van der Waals surface area contributed by atoms with Crippen LogP contribution in [0.25, 0.3) is 10.9 Å². The molecule has 1 fully saturated rings. The van der Waals surface area contributed by atoms with Crippen molar-refractivity contribution in [1.29, 1.82) is 0 Å². The summed E-state index contributed by atoms with van der Waals surface area (Å²) < 4.78 is 22.4. The van der Waals surface area contributed by atoms with E-state index < -0.39 is 16.0 Å². The first-order chi connectivity index (χ1) is 10.6. The summed E-state index contributed by atoms with van der Waals surface area (Å²) >= 11 is -1.95. The summed E-state index contributed by atoms with van der Waals surface area (Å²) in [7, 11) is 0. The molecule has 0 spiro atoms. The molecule has 0 saturated heterocycles. The molecule has 1 unspecified atom stereocenters. The molecule has 1 heterocycles. The summed E-state index contributed by atoms with van der Waals surface area (Å²) in [4.78, 5) is 10.5. The summed E-state index contributed by atoms with van der Waals surface area (Å²) in [6, 6.07) is 6.61. The van der Waals surface area contributed by atoms with Crippen molar-refractivity contribution in [1.82, 2.24) is 4.57 Å². The molecule has 6 nitrogen and oxygen atoms in total. The summed E-state index contributed by atoms with van der Waals surface area (Å²) in [6.07, 6.45) is 5.68. The zero-order valence-electron chi connectivity index (χ0n) is 12.1. The Balaban J connectivity index is 2.11. The van der Waals surface area contributed by atoms with Gasteiger partial charge in [0.2, 0.25) is 0 Å². The quantitative estimate of drug-likeness (QED) is 0.527. The molecule has 118 valence electrons. The Hall–Kier alpha value is -1.73. The average molecular weight is 322 g/mol. The minimum absolute atomic E-state index is 0.00709. The third kappa shape index (κ3) is 2.91. The predicted molar refractivity (Wildman–Crippen MR) is 85.2 cm³/mol. The molecule has 0 amide bonds. The van der Waals surface area contributed by atoms with Gasteiger partial charge in [-0.1, -0.05) is 19.3 Å². The maximum absolute atomic E-state index is 11.3. The van der Waals surface area contributed by atoms with Gasteiger partial charge in [0.15, 0.2) is 11.1 Å². The van der Waals surface area contributed by atoms with Crippen LogP contribution in [0.1, 0.15) is 43.7 Å². The van der Waals surface area contributed by atoms with E-state index >= 15 is 0 Å². The topological polar surface area (TPSA) is 85.4 Å². The van der Waals surface area contributed by atoms with Gasteiger partial charge in [-0.3, -0.25) is 10.1 Å². The number of hydrogen-bond acceptors (Lipinski definition) is 3. The molecule has 0 bridgehead atoms. The molecule has 1 saturated carbocycles. The van der Waals surface area contributed by atoms with Crippen LogP contribution in [-0.2, 0) is 17.0 Å². The molecular formula is C15H18N2O4S. The Labute approximate surface area is 130 Å². The summed E-state index contributed by atoms with van der Waals surface area (Å²) in [5, 5.41) is 11.7. The average Bonchev–Trinajstić information content (AvgIpc) is 2.85. The molecule has 0 aliphatic heterocycles. The molecule has 2 aromatic rings. The SMILES string of the molecule is O=[N+]([O-])c1ccc2c(c1)cc(C1CCCCC1)n2CS(=O)O. The van der Waals surface area contributed by atoms with Crippen molar-refractivity contribution in [3.8, 4) is 0 Å². The van der Waals surface area contributed by atoms with E-state index in [2.05, 4.69) is 0 Å². The fourth-order valence-corrected chi connectivity index (χ4v) is 3.89. The number of hydrogen-bond donors (Lipinski definition) is 1. The van der Waals surface area contributed by atoms with Gasteiger partial charge in [-0.2, -0.15) is 0 Å². The highest BCUT2D eigenvalue weighted by Crippen LogP contribution is 2.36. The number of nitrogens with zero attached hydrogens (tertiary/aromatic N) is 2. The highest BCUT2D eigenvalue weighted by Gasteiger charge is 2.22. The molecule has 7 heteroatoms. The van der Waals surface area contributed by atoms with E-state index in [0.717, 1.165) is 42.3 Å². The van der Waals surface area contributed by atoms with Gasteiger partial charge in [-0.15, -0.1) is 0 Å². The second-order valence-electron chi connectivity index (χ2n) is 5.78. The van der Waals surface area contributed by atoms with Crippen LogP contribution in [0.5, 0.6) is 0 Å². The zero-order valence-corrected chi connectivity index (χ0v) is 12.9. The van der Waals surface area contributed by atoms with Crippen LogP contribution in [0, 0.1) is 10.1 Å². The van der Waals surface area contributed by atoms with Crippen LogP contribution in [0.3, 0.4) is 0 Å². The molecule has 1 aliphatic carbocycles. The highest BCUT2D eigenvalue weighted by molar-refractivity contribution is 7.78. The van der Waals surface area contributed by atoms with E-state index in [-0.39, 0.29) is 11.6 Å². The summed E-state index contributed by atoms with van der Waals surface area (Å²) in [5.74, 6) is 0.372. The molecule has 1 aliphatic rings. The first-order valence-corrected chi connectivity index (χ1v) is 8.69. The molecular weight excluding hydrogens is 304 g/mol. The zero-order chi connectivity index (χ0) is 15.7. The molecule has 1 aromatic carbocycles. The minimum Gasteiger partial charge on any atom is -0.330 e. The Bertz CT molecular complexity index is 734. The van der Waals surface area contributed by atoms with Gasteiger partial charge in [-0.05, 0) is 30.9 Å². The fraction of sp³-hybridized carbons (Fsp3) is 0.467. The fourth-order valence-electron chi connectivity index (χ4n) is 3.38. The number of nitro groups is 1. The van der Waals surface area contributed by atoms with E-state index in [4.69, 9.17) is 0 Å². The lowest BCUT2D eigenvalue weighted by atomic mass is 9.87. The smallest absolute Gasteiger partial charge is 0.270 e. The van der Waals surface area contributed by atoms with E-state index in [1.807, 2.05) is 10.6 Å². The molecule has 1 aromatic heterocycles. The third-order valence-corrected chi connectivity index (χ3v) is 4.87. The predicted octanol–water partition coefficient (Wildman–Crippen LogP) is 3.78. The molecule has 3 rings (SSSR count). The van der Waals surface area contributed by atoms with Gasteiger partial charge in [0.25, 0.3) is 5.69 Å². The maximum Gasteiger partial charge on any atom is 0.270 e. The van der Waals surface area contributed by atoms with Crippen LogP contribution in [0.15, 0.2) is 24.3 Å². The Morgan fingerprint density at radius 3 is 2.64 bits per heavy atom. The summed E-state index contributed by atoms with van der Waals surface area (Å²) in [6.45, 7) is 0. The van der Waals surface area contributed by atoms with Crippen molar-refractivity contribution < 1.29 is 13.7 Å². The highest BCUT2D eigenvalue weighted by atomic mass is 32.2. The van der Waals surface area contributed by atoms with Crippen LogP contribution in [-0.4, -0.2) is 18.3 Å². The number of nitro benzene ring substituents is 1. The molecule has 1 atom stereocenters. The standard InChI is InChI=1S/C15H18N2O4S/c18-17(19)13-6-7-14-12(8-13)9-15(16(14)10-22(20)21)11-4-2-1-3-5-11/h6-9,11H,1-5,10H2,(H,20,21). The van der Waals surface area contributed by atoms with Crippen molar-refractivity contribution >= 4 is 27.7 Å². The number of aromatic nitrogens is 1. The van der Waals surface area contributed by atoms with E-state index in [1.54, 1.807) is 12.1 Å². The van der Waals surface area contributed by atoms with Crippen molar-refractivity contribution in [2.75, 3.05) is 0 Å². The maximum atomic E-state index is 11.3. The number of rotatable bonds is 4. The molecule has 22 heavy (non-hydrogen) atoms. The Morgan fingerprint density at radius 2 is 2.00 bits per heavy atom. The monoisotopic (exact) mass is 322 g/mol. The lowest BCUT2D eigenvalue weighted by Crippen LogP contribution is -2.13. The van der Waals surface area contributed by atoms with E-state index in [1.165, 1.54) is 12.5 Å². The molecule has 0 radical (unpaired) electrons. The lowest BCUT2D eigenvalue weighted by Gasteiger charge is -2.23. The van der Waals surface area contributed by atoms with Crippen LogP contribution < -0.4 is 0 Å². The van der Waals surface area contributed by atoms with Gasteiger partial charge in [0.05, 0.1) is 4.92 Å². The van der Waals surface area contributed by atoms with Gasteiger partial charge < -0.3 is 9.12 Å². The number of fused-ring (bicyclic) bond motifs is 1. The second kappa shape index (κ2) is 6.18. The minimum atomic E-state index is -1.95. The number of non-ortho nitro benzene ring substituents is 1. The van der Waals surface area contributed by atoms with Gasteiger partial charge in [0, 0.05) is 28.7 Å². The van der Waals surface area contributed by atoms with Gasteiger partial charge in [-0.25, -0.2) is 4.21 Å². The normalized spacial score (nSPS) is 17.7. The third-order valence-electron chi connectivity index (χ3n) is 4.39. The second-order valence-corrected chi connectivity index (χ2v) is 6.68. The van der Waals surface area contributed by atoms with Crippen LogP contribution >= 0.6 is 0 Å². The van der Waals surface area contributed by atoms with Crippen molar-refractivity contribution in [3.63, 3.8) is 0 Å². The molecule has 1 N–H and O–H groups in total. The Morgan fingerprint density at radius 1 is 1.27 bits per heavy atom. The van der Waals surface area contributed by atoms with Crippen molar-refractivity contribution in [2.45, 2.75) is 43.9 Å². The van der Waals surface area contributed by atoms with Gasteiger partial charge >= 0.3 is 0 Å². The van der Waals surface area contributed by atoms with E-state index in [9.17, 15) is 18.9 Å². The van der Waals surface area contributed by atoms with Crippen LogP contribution in [0.4, 0.5) is 5.69 Å². The first kappa shape index (κ1) is 15.2. The van der Waals surface area contributed by atoms with Crippen molar-refractivity contribution in [3.05, 3.63) is 40.1 Å². The number of benzene rings is 1.